The molecule has 1 aromatic carbocycles. The van der Waals surface area contributed by atoms with Gasteiger partial charge in [-0.05, 0) is 31.5 Å². The van der Waals surface area contributed by atoms with Crippen molar-refractivity contribution < 1.29 is 9.59 Å². The Balaban J connectivity index is 2.37. The van der Waals surface area contributed by atoms with E-state index in [1.54, 1.807) is 57.8 Å². The average molecular weight is 327 g/mol. The zero-order valence-corrected chi connectivity index (χ0v) is 14.5. The van der Waals surface area contributed by atoms with Crippen LogP contribution in [0, 0.1) is 13.8 Å². The van der Waals surface area contributed by atoms with Crippen LogP contribution >= 0.6 is 0 Å². The number of amides is 2. The van der Waals surface area contributed by atoms with Gasteiger partial charge in [-0.1, -0.05) is 6.07 Å². The summed E-state index contributed by atoms with van der Waals surface area (Å²) in [6.45, 7) is 3.56. The molecule has 0 bridgehead atoms. The number of carbonyl (C=O) groups excluding carboxylic acids is 2. The number of benzene rings is 1. The Kier molecular flexibility index (Phi) is 4.87. The largest absolute Gasteiger partial charge is 0.354 e. The van der Waals surface area contributed by atoms with E-state index in [-0.39, 0.29) is 16.9 Å². The van der Waals surface area contributed by atoms with Crippen molar-refractivity contribution in [3.8, 4) is 0 Å². The summed E-state index contributed by atoms with van der Waals surface area (Å²) >= 11 is 0. The number of carbonyl (C=O) groups is 2. The topological polar surface area (TPSA) is 71.4 Å². The molecule has 0 spiro atoms. The van der Waals surface area contributed by atoms with Crippen molar-refractivity contribution in [2.45, 2.75) is 13.8 Å². The minimum Gasteiger partial charge on any atom is -0.354 e. The molecule has 0 aliphatic carbocycles. The van der Waals surface area contributed by atoms with Crippen molar-refractivity contribution in [3.63, 3.8) is 0 Å². The Morgan fingerprint density at radius 3 is 2.42 bits per heavy atom. The fourth-order valence-electron chi connectivity index (χ4n) is 2.33. The first kappa shape index (κ1) is 17.5. The third-order valence-corrected chi connectivity index (χ3v) is 3.95. The summed E-state index contributed by atoms with van der Waals surface area (Å²) < 4.78 is 1.72. The van der Waals surface area contributed by atoms with E-state index in [4.69, 9.17) is 0 Å². The predicted molar refractivity (Wildman–Crippen MR) is 93.6 cm³/mol. The highest BCUT2D eigenvalue weighted by Crippen LogP contribution is 2.20. The van der Waals surface area contributed by atoms with Gasteiger partial charge in [-0.15, -0.1) is 0 Å². The normalized spacial score (nSPS) is 10.4. The Morgan fingerprint density at radius 2 is 1.79 bits per heavy atom. The molecule has 126 valence electrons. The van der Waals surface area contributed by atoms with Gasteiger partial charge in [0.1, 0.15) is 5.56 Å². The summed E-state index contributed by atoms with van der Waals surface area (Å²) in [6, 6.07) is 6.54. The molecule has 6 heteroatoms. The SMILES string of the molecule is Cc1c(NC(=O)c2cn(C)c(C)cc2=O)cccc1C(=O)N(C)C. The van der Waals surface area contributed by atoms with Crippen molar-refractivity contribution in [2.75, 3.05) is 19.4 Å². The molecule has 0 saturated heterocycles. The monoisotopic (exact) mass is 327 g/mol. The van der Waals surface area contributed by atoms with Crippen LogP contribution in [-0.2, 0) is 7.05 Å². The van der Waals surface area contributed by atoms with Crippen molar-refractivity contribution in [3.05, 3.63) is 63.1 Å². The third kappa shape index (κ3) is 3.37. The van der Waals surface area contributed by atoms with E-state index < -0.39 is 5.91 Å². The lowest BCUT2D eigenvalue weighted by Gasteiger charge is -2.15. The number of aromatic nitrogens is 1. The maximum atomic E-state index is 12.4. The minimum absolute atomic E-state index is 0.0619. The summed E-state index contributed by atoms with van der Waals surface area (Å²) in [5, 5.41) is 2.73. The van der Waals surface area contributed by atoms with Gasteiger partial charge < -0.3 is 14.8 Å². The van der Waals surface area contributed by atoms with E-state index in [1.807, 2.05) is 0 Å². The molecule has 0 aliphatic heterocycles. The molecule has 1 aromatic heterocycles. The highest BCUT2D eigenvalue weighted by molar-refractivity contribution is 6.05. The molecule has 1 N–H and O–H groups in total. The summed E-state index contributed by atoms with van der Waals surface area (Å²) in [4.78, 5) is 38.1. The number of nitrogens with zero attached hydrogens (tertiary/aromatic N) is 2. The number of anilines is 1. The zero-order valence-electron chi connectivity index (χ0n) is 14.5. The van der Waals surface area contributed by atoms with Crippen LogP contribution < -0.4 is 10.7 Å². The number of rotatable bonds is 3. The molecular formula is C18H21N3O3. The van der Waals surface area contributed by atoms with Gasteiger partial charge >= 0.3 is 0 Å². The van der Waals surface area contributed by atoms with Gasteiger partial charge in [0.15, 0.2) is 5.43 Å². The van der Waals surface area contributed by atoms with E-state index in [0.717, 1.165) is 5.69 Å². The second-order valence-corrected chi connectivity index (χ2v) is 5.94. The van der Waals surface area contributed by atoms with Crippen LogP contribution in [0.4, 0.5) is 5.69 Å². The number of hydrogen-bond acceptors (Lipinski definition) is 3. The lowest BCUT2D eigenvalue weighted by Crippen LogP contribution is -2.25. The van der Waals surface area contributed by atoms with Crippen LogP contribution in [-0.4, -0.2) is 35.4 Å². The van der Waals surface area contributed by atoms with Crippen LogP contribution in [0.3, 0.4) is 0 Å². The molecule has 0 fully saturated rings. The highest BCUT2D eigenvalue weighted by atomic mass is 16.2. The molecule has 2 aromatic rings. The molecule has 1 heterocycles. The molecule has 2 amide bonds. The highest BCUT2D eigenvalue weighted by Gasteiger charge is 2.17. The molecule has 24 heavy (non-hydrogen) atoms. The van der Waals surface area contributed by atoms with Crippen molar-refractivity contribution >= 4 is 17.5 Å². The fourth-order valence-corrected chi connectivity index (χ4v) is 2.33. The van der Waals surface area contributed by atoms with Gasteiger partial charge in [-0.2, -0.15) is 0 Å². The van der Waals surface area contributed by atoms with Crippen molar-refractivity contribution in [2.24, 2.45) is 7.05 Å². The minimum atomic E-state index is -0.492. The first-order valence-electron chi connectivity index (χ1n) is 7.52. The Morgan fingerprint density at radius 1 is 1.12 bits per heavy atom. The van der Waals surface area contributed by atoms with Gasteiger partial charge in [-0.25, -0.2) is 0 Å². The molecule has 0 atom stereocenters. The lowest BCUT2D eigenvalue weighted by atomic mass is 10.1. The van der Waals surface area contributed by atoms with Gasteiger partial charge in [0.25, 0.3) is 11.8 Å². The lowest BCUT2D eigenvalue weighted by molar-refractivity contribution is 0.0826. The van der Waals surface area contributed by atoms with Gasteiger partial charge in [0.05, 0.1) is 0 Å². The Bertz CT molecular complexity index is 866. The molecule has 0 radical (unpaired) electrons. The van der Waals surface area contributed by atoms with Crippen LogP contribution in [0.5, 0.6) is 0 Å². The molecule has 0 saturated carbocycles. The van der Waals surface area contributed by atoms with Gasteiger partial charge in [-0.3, -0.25) is 14.4 Å². The van der Waals surface area contributed by atoms with Crippen molar-refractivity contribution in [1.29, 1.82) is 0 Å². The summed E-state index contributed by atoms with van der Waals surface area (Å²) in [6.07, 6.45) is 1.51. The van der Waals surface area contributed by atoms with E-state index in [0.29, 0.717) is 16.8 Å². The molecular weight excluding hydrogens is 306 g/mol. The maximum Gasteiger partial charge on any atom is 0.261 e. The van der Waals surface area contributed by atoms with Crippen molar-refractivity contribution in [1.82, 2.24) is 9.47 Å². The van der Waals surface area contributed by atoms with E-state index in [9.17, 15) is 14.4 Å². The summed E-state index contributed by atoms with van der Waals surface area (Å²) in [5.74, 6) is -0.636. The fraction of sp³-hybridized carbons (Fsp3) is 0.278. The van der Waals surface area contributed by atoms with Crippen LogP contribution in [0.25, 0.3) is 0 Å². The summed E-state index contributed by atoms with van der Waals surface area (Å²) in [5.41, 5.74) is 2.18. The Labute approximate surface area is 140 Å². The van der Waals surface area contributed by atoms with Crippen LogP contribution in [0.15, 0.2) is 35.3 Å². The van der Waals surface area contributed by atoms with E-state index >= 15 is 0 Å². The number of pyridine rings is 1. The number of aryl methyl sites for hydroxylation is 2. The maximum absolute atomic E-state index is 12.4. The van der Waals surface area contributed by atoms with E-state index in [1.165, 1.54) is 17.2 Å². The zero-order chi connectivity index (χ0) is 18.0. The third-order valence-electron chi connectivity index (χ3n) is 3.95. The molecule has 6 nitrogen and oxygen atoms in total. The second-order valence-electron chi connectivity index (χ2n) is 5.94. The summed E-state index contributed by atoms with van der Waals surface area (Å²) in [7, 11) is 5.11. The molecule has 0 aliphatic rings. The predicted octanol–water partition coefficient (Wildman–Crippen LogP) is 1.96. The molecule has 2 rings (SSSR count). The average Bonchev–Trinajstić information content (AvgIpc) is 2.52. The molecule has 0 unspecified atom stereocenters. The van der Waals surface area contributed by atoms with Crippen LogP contribution in [0.1, 0.15) is 32.0 Å². The first-order chi connectivity index (χ1) is 11.2. The Hall–Kier alpha value is -2.89. The van der Waals surface area contributed by atoms with Gasteiger partial charge in [0.2, 0.25) is 0 Å². The first-order valence-corrected chi connectivity index (χ1v) is 7.52. The number of nitrogens with one attached hydrogen (secondary N) is 1. The standard InChI is InChI=1S/C18H21N3O3/c1-11-9-16(22)14(10-21(11)5)17(23)19-15-8-6-7-13(12(15)2)18(24)20(3)4/h6-10H,1-5H3,(H,19,23). The smallest absolute Gasteiger partial charge is 0.261 e. The quantitative estimate of drug-likeness (QED) is 0.937. The van der Waals surface area contributed by atoms with Crippen LogP contribution in [0.2, 0.25) is 0 Å². The second kappa shape index (κ2) is 6.70. The van der Waals surface area contributed by atoms with Gasteiger partial charge in [0, 0.05) is 50.4 Å². The van der Waals surface area contributed by atoms with E-state index in [2.05, 4.69) is 5.32 Å². The number of hydrogen-bond donors (Lipinski definition) is 1.